The molecule has 39 heavy (non-hydrogen) atoms. The topological polar surface area (TPSA) is 78.0 Å². The number of nitrogens with zero attached hydrogens (tertiary/aromatic N) is 4. The number of carbonyl (C=O) groups excluding carboxylic acids is 2. The second-order valence-electron chi connectivity index (χ2n) is 12.0. The number of rotatable bonds is 7. The van der Waals surface area contributed by atoms with Gasteiger partial charge in [-0.05, 0) is 49.6 Å². The van der Waals surface area contributed by atoms with E-state index in [-0.39, 0.29) is 23.2 Å². The number of fused-ring (bicyclic) bond motifs is 1. The molecular weight excluding hydrogens is 497 g/mol. The predicted molar refractivity (Wildman–Crippen MR) is 149 cm³/mol. The number of hydrogen-bond acceptors (Lipinski definition) is 7. The van der Waals surface area contributed by atoms with E-state index in [0.29, 0.717) is 37.3 Å². The normalized spacial score (nSPS) is 25.5. The van der Waals surface area contributed by atoms with Gasteiger partial charge in [0.1, 0.15) is 11.5 Å². The summed E-state index contributed by atoms with van der Waals surface area (Å²) in [4.78, 5) is 37.3. The van der Waals surface area contributed by atoms with E-state index in [1.54, 1.807) is 12.1 Å². The smallest absolute Gasteiger partial charge is 0.241 e. The van der Waals surface area contributed by atoms with Crippen LogP contribution in [0.1, 0.15) is 55.0 Å². The second kappa shape index (κ2) is 11.4. The van der Waals surface area contributed by atoms with Crippen LogP contribution >= 0.6 is 0 Å². The standard InChI is InChI=1S/C30H40FN5O3/c1-20-14-35(25(13-32-20)15-34-9-10-39-18-21(34)2)16-28(38)36-19-30(3,4)29-27(36)12-23(26(17-37)33-29)11-22-5-7-24(31)8-6-22/h5-8,12,17,20-21,25,32H,9-11,13-16,18-19H2,1-4H3/t20-,21-,25-/m1/s1. The summed E-state index contributed by atoms with van der Waals surface area (Å²) >= 11 is 0. The van der Waals surface area contributed by atoms with Crippen LogP contribution in [0.5, 0.6) is 0 Å². The van der Waals surface area contributed by atoms with E-state index in [4.69, 9.17) is 9.72 Å². The quantitative estimate of drug-likeness (QED) is 0.544. The van der Waals surface area contributed by atoms with Gasteiger partial charge in [0.05, 0.1) is 31.1 Å². The first kappa shape index (κ1) is 27.8. The minimum Gasteiger partial charge on any atom is -0.379 e. The van der Waals surface area contributed by atoms with Gasteiger partial charge in [0, 0.05) is 56.3 Å². The highest BCUT2D eigenvalue weighted by molar-refractivity contribution is 5.97. The van der Waals surface area contributed by atoms with Gasteiger partial charge in [0.25, 0.3) is 0 Å². The molecule has 0 aliphatic carbocycles. The molecule has 210 valence electrons. The molecule has 0 bridgehead atoms. The number of piperazine rings is 1. The molecule has 2 fully saturated rings. The number of aldehydes is 1. The van der Waals surface area contributed by atoms with Crippen LogP contribution < -0.4 is 10.2 Å². The van der Waals surface area contributed by atoms with Crippen molar-refractivity contribution < 1.29 is 18.7 Å². The molecule has 2 aromatic rings. The molecule has 9 heteroatoms. The summed E-state index contributed by atoms with van der Waals surface area (Å²) in [6, 6.07) is 9.09. The number of amides is 1. The van der Waals surface area contributed by atoms with Crippen LogP contribution in [-0.2, 0) is 21.4 Å². The van der Waals surface area contributed by atoms with E-state index < -0.39 is 0 Å². The second-order valence-corrected chi connectivity index (χ2v) is 12.0. The minimum absolute atomic E-state index is 0.0457. The number of anilines is 1. The molecule has 0 radical (unpaired) electrons. The Kier molecular flexibility index (Phi) is 8.14. The van der Waals surface area contributed by atoms with Crippen molar-refractivity contribution in [3.8, 4) is 0 Å². The number of hydrogen-bond donors (Lipinski definition) is 1. The maximum atomic E-state index is 13.9. The third-order valence-corrected chi connectivity index (χ3v) is 8.34. The first-order valence-corrected chi connectivity index (χ1v) is 14.0. The van der Waals surface area contributed by atoms with Gasteiger partial charge in [0.2, 0.25) is 5.91 Å². The third-order valence-electron chi connectivity index (χ3n) is 8.34. The van der Waals surface area contributed by atoms with E-state index in [2.05, 4.69) is 42.8 Å². The number of ether oxygens (including phenoxy) is 1. The monoisotopic (exact) mass is 537 g/mol. The highest BCUT2D eigenvalue weighted by atomic mass is 19.1. The summed E-state index contributed by atoms with van der Waals surface area (Å²) in [5, 5.41) is 3.59. The zero-order valence-corrected chi connectivity index (χ0v) is 23.5. The van der Waals surface area contributed by atoms with Crippen LogP contribution in [0.4, 0.5) is 10.1 Å². The predicted octanol–water partition coefficient (Wildman–Crippen LogP) is 2.63. The molecule has 5 rings (SSSR count). The van der Waals surface area contributed by atoms with Crippen molar-refractivity contribution in [1.82, 2.24) is 20.1 Å². The van der Waals surface area contributed by atoms with Crippen LogP contribution in [-0.4, -0.2) is 97.6 Å². The van der Waals surface area contributed by atoms with Crippen LogP contribution in [0.25, 0.3) is 0 Å². The molecule has 8 nitrogen and oxygen atoms in total. The van der Waals surface area contributed by atoms with Crippen molar-refractivity contribution in [2.24, 2.45) is 0 Å². The van der Waals surface area contributed by atoms with Crippen molar-refractivity contribution in [3.05, 3.63) is 58.7 Å². The lowest BCUT2D eigenvalue weighted by atomic mass is 9.90. The van der Waals surface area contributed by atoms with Gasteiger partial charge in [-0.15, -0.1) is 0 Å². The Morgan fingerprint density at radius 3 is 2.72 bits per heavy atom. The zero-order chi connectivity index (χ0) is 27.7. The fraction of sp³-hybridized carbons (Fsp3) is 0.567. The Hall–Kier alpha value is -2.72. The summed E-state index contributed by atoms with van der Waals surface area (Å²) in [7, 11) is 0. The largest absolute Gasteiger partial charge is 0.379 e. The Morgan fingerprint density at radius 2 is 2.00 bits per heavy atom. The van der Waals surface area contributed by atoms with Gasteiger partial charge >= 0.3 is 0 Å². The Morgan fingerprint density at radius 1 is 1.23 bits per heavy atom. The lowest BCUT2D eigenvalue weighted by molar-refractivity contribution is -0.121. The zero-order valence-electron chi connectivity index (χ0n) is 23.5. The summed E-state index contributed by atoms with van der Waals surface area (Å²) in [6.07, 6.45) is 1.21. The number of aromatic nitrogens is 1. The maximum Gasteiger partial charge on any atom is 0.241 e. The molecule has 0 saturated carbocycles. The van der Waals surface area contributed by atoms with Crippen LogP contribution in [0.3, 0.4) is 0 Å². The minimum atomic E-state index is -0.378. The van der Waals surface area contributed by atoms with Gasteiger partial charge in [-0.3, -0.25) is 19.4 Å². The molecule has 0 spiro atoms. The lowest BCUT2D eigenvalue weighted by Crippen LogP contribution is -2.62. The maximum absolute atomic E-state index is 13.9. The Bertz CT molecular complexity index is 1200. The van der Waals surface area contributed by atoms with Crippen molar-refractivity contribution in [1.29, 1.82) is 0 Å². The number of carbonyl (C=O) groups is 2. The fourth-order valence-corrected chi connectivity index (χ4v) is 6.07. The van der Waals surface area contributed by atoms with E-state index in [9.17, 15) is 14.0 Å². The molecule has 1 N–H and O–H groups in total. The molecule has 3 aliphatic heterocycles. The van der Waals surface area contributed by atoms with Crippen LogP contribution in [0.2, 0.25) is 0 Å². The molecular formula is C30H40FN5O3. The average Bonchev–Trinajstić information content (AvgIpc) is 3.17. The van der Waals surface area contributed by atoms with E-state index in [1.165, 1.54) is 12.1 Å². The summed E-state index contributed by atoms with van der Waals surface area (Å²) in [5.41, 5.74) is 3.15. The Balaban J connectivity index is 1.38. The van der Waals surface area contributed by atoms with Gasteiger partial charge < -0.3 is 15.0 Å². The van der Waals surface area contributed by atoms with Crippen LogP contribution in [0.15, 0.2) is 30.3 Å². The summed E-state index contributed by atoms with van der Waals surface area (Å²) in [5.74, 6) is -0.257. The molecule has 4 heterocycles. The van der Waals surface area contributed by atoms with Gasteiger partial charge in [-0.25, -0.2) is 9.37 Å². The highest BCUT2D eigenvalue weighted by Crippen LogP contribution is 2.40. The number of halogens is 1. The number of pyridine rings is 1. The van der Waals surface area contributed by atoms with Gasteiger partial charge in [0.15, 0.2) is 6.29 Å². The summed E-state index contributed by atoms with van der Waals surface area (Å²) < 4.78 is 19.1. The van der Waals surface area contributed by atoms with Crippen LogP contribution in [0, 0.1) is 5.82 Å². The number of nitrogens with one attached hydrogen (secondary N) is 1. The molecule has 0 unspecified atom stereocenters. The molecule has 3 aliphatic rings. The molecule has 1 aromatic heterocycles. The van der Waals surface area contributed by atoms with Crippen molar-refractivity contribution in [3.63, 3.8) is 0 Å². The Labute approximate surface area is 230 Å². The first-order chi connectivity index (χ1) is 18.6. The van der Waals surface area contributed by atoms with E-state index >= 15 is 0 Å². The molecule has 2 saturated heterocycles. The van der Waals surface area contributed by atoms with Crippen molar-refractivity contribution in [2.45, 2.75) is 57.7 Å². The number of morpholine rings is 1. The van der Waals surface area contributed by atoms with Crippen molar-refractivity contribution in [2.75, 3.05) is 57.4 Å². The summed E-state index contributed by atoms with van der Waals surface area (Å²) in [6.45, 7) is 14.3. The SMILES string of the molecule is C[C@@H]1CN(CC(=O)N2CC(C)(C)c3nc(C=O)c(Cc4ccc(F)cc4)cc32)[C@@H](CN2CCOC[C@H]2C)CN1. The van der Waals surface area contributed by atoms with E-state index in [1.807, 2.05) is 11.0 Å². The molecule has 3 atom stereocenters. The fourth-order valence-electron chi connectivity index (χ4n) is 6.07. The first-order valence-electron chi connectivity index (χ1n) is 14.0. The van der Waals surface area contributed by atoms with E-state index in [0.717, 1.165) is 68.2 Å². The van der Waals surface area contributed by atoms with Gasteiger partial charge in [-0.2, -0.15) is 0 Å². The van der Waals surface area contributed by atoms with Gasteiger partial charge in [-0.1, -0.05) is 26.0 Å². The third kappa shape index (κ3) is 6.06. The highest BCUT2D eigenvalue weighted by Gasteiger charge is 2.41. The lowest BCUT2D eigenvalue weighted by Gasteiger charge is -2.43. The van der Waals surface area contributed by atoms with Crippen molar-refractivity contribution >= 4 is 17.9 Å². The number of benzene rings is 1. The molecule has 1 aromatic carbocycles. The molecule has 1 amide bonds. The average molecular weight is 538 g/mol.